The van der Waals surface area contributed by atoms with Crippen LogP contribution in [0.5, 0.6) is 0 Å². The van der Waals surface area contributed by atoms with Gasteiger partial charge < -0.3 is 25.0 Å². The van der Waals surface area contributed by atoms with E-state index in [1.165, 1.54) is 0 Å². The molecule has 6 heteroatoms. The molecule has 0 radical (unpaired) electrons. The van der Waals surface area contributed by atoms with E-state index in [4.69, 9.17) is 19.7 Å². The number of carbonyl (C=O) groups is 1. The zero-order chi connectivity index (χ0) is 11.1. The fraction of sp³-hybridized carbons (Fsp3) is 0.889. The first-order valence-corrected chi connectivity index (χ1v) is 5.06. The second-order valence-electron chi connectivity index (χ2n) is 3.46. The van der Waals surface area contributed by atoms with Gasteiger partial charge in [-0.3, -0.25) is 0 Å². The third kappa shape index (κ3) is 4.96. The summed E-state index contributed by atoms with van der Waals surface area (Å²) < 4.78 is 10.6. The first-order valence-electron chi connectivity index (χ1n) is 5.06. The van der Waals surface area contributed by atoms with E-state index < -0.39 is 12.1 Å². The van der Waals surface area contributed by atoms with Crippen LogP contribution in [0.4, 0.5) is 4.79 Å². The number of ether oxygens (including phenoxy) is 2. The smallest absolute Gasteiger partial charge is 0.405 e. The standard InChI is InChI=1S/C9H17NO5/c11-5-7(10-9(12)13)6-15-8-3-1-2-4-14-8/h7-8,10-11H,1-6H2,(H,12,13)/t7?,8-/m1/s1. The summed E-state index contributed by atoms with van der Waals surface area (Å²) in [6.07, 6.45) is 1.49. The summed E-state index contributed by atoms with van der Waals surface area (Å²) in [5.74, 6) is 0. The Morgan fingerprint density at radius 3 is 2.93 bits per heavy atom. The lowest BCUT2D eigenvalue weighted by Crippen LogP contribution is -2.41. The van der Waals surface area contributed by atoms with E-state index in [0.29, 0.717) is 6.61 Å². The molecule has 3 N–H and O–H groups in total. The van der Waals surface area contributed by atoms with Crippen LogP contribution in [0.1, 0.15) is 19.3 Å². The molecule has 0 aromatic heterocycles. The Labute approximate surface area is 88.2 Å². The van der Waals surface area contributed by atoms with E-state index >= 15 is 0 Å². The molecule has 2 atom stereocenters. The minimum atomic E-state index is -1.16. The van der Waals surface area contributed by atoms with Crippen molar-refractivity contribution in [2.75, 3.05) is 19.8 Å². The molecule has 0 aliphatic carbocycles. The minimum Gasteiger partial charge on any atom is -0.465 e. The van der Waals surface area contributed by atoms with Crippen molar-refractivity contribution in [1.29, 1.82) is 0 Å². The molecule has 0 aromatic rings. The van der Waals surface area contributed by atoms with Crippen molar-refractivity contribution < 1.29 is 24.5 Å². The van der Waals surface area contributed by atoms with Gasteiger partial charge in [0.25, 0.3) is 0 Å². The number of hydrogen-bond donors (Lipinski definition) is 3. The number of rotatable bonds is 5. The topological polar surface area (TPSA) is 88.0 Å². The predicted molar refractivity (Wildman–Crippen MR) is 51.6 cm³/mol. The fourth-order valence-electron chi connectivity index (χ4n) is 1.38. The molecule has 1 saturated heterocycles. The molecule has 0 bridgehead atoms. The predicted octanol–water partition coefficient (Wildman–Crippen LogP) is 0.158. The Bertz CT molecular complexity index is 193. The summed E-state index contributed by atoms with van der Waals surface area (Å²) >= 11 is 0. The van der Waals surface area contributed by atoms with Crippen LogP contribution in [-0.4, -0.2) is 48.5 Å². The van der Waals surface area contributed by atoms with Crippen LogP contribution < -0.4 is 5.32 Å². The summed E-state index contributed by atoms with van der Waals surface area (Å²) in [5, 5.41) is 19.5. The molecule has 15 heavy (non-hydrogen) atoms. The van der Waals surface area contributed by atoms with Gasteiger partial charge in [0.15, 0.2) is 6.29 Å². The number of carboxylic acid groups (broad SMARTS) is 1. The molecule has 1 unspecified atom stereocenters. The van der Waals surface area contributed by atoms with Crippen molar-refractivity contribution >= 4 is 6.09 Å². The Hall–Kier alpha value is -0.850. The highest BCUT2D eigenvalue weighted by Gasteiger charge is 2.17. The summed E-state index contributed by atoms with van der Waals surface area (Å²) in [6.45, 7) is 0.535. The van der Waals surface area contributed by atoms with Gasteiger partial charge in [-0.05, 0) is 19.3 Å². The average Bonchev–Trinajstić information content (AvgIpc) is 2.25. The number of hydrogen-bond acceptors (Lipinski definition) is 4. The van der Waals surface area contributed by atoms with Gasteiger partial charge >= 0.3 is 6.09 Å². The number of amides is 1. The highest BCUT2D eigenvalue weighted by molar-refractivity contribution is 5.64. The summed E-state index contributed by atoms with van der Waals surface area (Å²) in [5.41, 5.74) is 0. The van der Waals surface area contributed by atoms with Crippen molar-refractivity contribution in [2.45, 2.75) is 31.6 Å². The number of nitrogens with one attached hydrogen (secondary N) is 1. The van der Waals surface area contributed by atoms with Gasteiger partial charge in [0, 0.05) is 6.61 Å². The van der Waals surface area contributed by atoms with Gasteiger partial charge in [0.05, 0.1) is 19.3 Å². The van der Waals surface area contributed by atoms with Crippen LogP contribution in [0.25, 0.3) is 0 Å². The third-order valence-electron chi connectivity index (χ3n) is 2.17. The molecule has 1 amide bonds. The maximum Gasteiger partial charge on any atom is 0.405 e. The molecule has 1 heterocycles. The zero-order valence-corrected chi connectivity index (χ0v) is 8.52. The lowest BCUT2D eigenvalue weighted by Gasteiger charge is -2.24. The lowest BCUT2D eigenvalue weighted by molar-refractivity contribution is -0.166. The Morgan fingerprint density at radius 1 is 1.60 bits per heavy atom. The van der Waals surface area contributed by atoms with E-state index in [1.807, 2.05) is 0 Å². The van der Waals surface area contributed by atoms with Crippen molar-refractivity contribution in [3.8, 4) is 0 Å². The molecule has 6 nitrogen and oxygen atoms in total. The Kier molecular flexibility index (Phi) is 5.38. The second-order valence-corrected chi connectivity index (χ2v) is 3.46. The summed E-state index contributed by atoms with van der Waals surface area (Å²) in [6, 6.07) is -0.590. The van der Waals surface area contributed by atoms with E-state index in [2.05, 4.69) is 5.32 Å². The lowest BCUT2D eigenvalue weighted by atomic mass is 10.2. The normalized spacial score (nSPS) is 23.4. The quantitative estimate of drug-likeness (QED) is 0.613. The van der Waals surface area contributed by atoms with Gasteiger partial charge in [-0.2, -0.15) is 0 Å². The number of aliphatic hydroxyl groups is 1. The summed E-state index contributed by atoms with van der Waals surface area (Å²) in [7, 11) is 0. The molecule has 0 saturated carbocycles. The summed E-state index contributed by atoms with van der Waals surface area (Å²) in [4.78, 5) is 10.3. The third-order valence-corrected chi connectivity index (χ3v) is 2.17. The van der Waals surface area contributed by atoms with E-state index in [0.717, 1.165) is 19.3 Å². The maximum absolute atomic E-state index is 10.3. The van der Waals surface area contributed by atoms with E-state index in [9.17, 15) is 4.79 Å². The van der Waals surface area contributed by atoms with Crippen LogP contribution in [0.2, 0.25) is 0 Å². The van der Waals surface area contributed by atoms with Gasteiger partial charge in [-0.1, -0.05) is 0 Å². The highest BCUT2D eigenvalue weighted by atomic mass is 16.7. The Morgan fingerprint density at radius 2 is 2.40 bits per heavy atom. The first-order chi connectivity index (χ1) is 7.22. The maximum atomic E-state index is 10.3. The SMILES string of the molecule is O=C(O)NC(CO)CO[C@@H]1CCCCO1. The molecular weight excluding hydrogens is 202 g/mol. The van der Waals surface area contributed by atoms with Gasteiger partial charge in [-0.25, -0.2) is 4.79 Å². The molecule has 0 aromatic carbocycles. The first kappa shape index (κ1) is 12.2. The number of aliphatic hydroxyl groups excluding tert-OH is 1. The fourth-order valence-corrected chi connectivity index (χ4v) is 1.38. The van der Waals surface area contributed by atoms with E-state index in [1.54, 1.807) is 0 Å². The molecule has 1 fully saturated rings. The molecule has 1 rings (SSSR count). The van der Waals surface area contributed by atoms with Crippen molar-refractivity contribution in [2.24, 2.45) is 0 Å². The van der Waals surface area contributed by atoms with Crippen LogP contribution in [0.3, 0.4) is 0 Å². The molecule has 0 spiro atoms. The Balaban J connectivity index is 2.17. The highest BCUT2D eigenvalue weighted by Crippen LogP contribution is 2.13. The van der Waals surface area contributed by atoms with Crippen LogP contribution in [-0.2, 0) is 9.47 Å². The average molecular weight is 219 g/mol. The molecule has 88 valence electrons. The van der Waals surface area contributed by atoms with Crippen LogP contribution in [0, 0.1) is 0 Å². The largest absolute Gasteiger partial charge is 0.465 e. The van der Waals surface area contributed by atoms with Gasteiger partial charge in [0.1, 0.15) is 0 Å². The monoisotopic (exact) mass is 219 g/mol. The molecule has 1 aliphatic heterocycles. The minimum absolute atomic E-state index is 0.132. The molecule has 1 aliphatic rings. The van der Waals surface area contributed by atoms with E-state index in [-0.39, 0.29) is 19.5 Å². The van der Waals surface area contributed by atoms with Crippen LogP contribution in [0.15, 0.2) is 0 Å². The zero-order valence-electron chi connectivity index (χ0n) is 8.52. The van der Waals surface area contributed by atoms with Crippen molar-refractivity contribution in [1.82, 2.24) is 5.32 Å². The van der Waals surface area contributed by atoms with Crippen LogP contribution >= 0.6 is 0 Å². The molecular formula is C9H17NO5. The second kappa shape index (κ2) is 6.60. The van der Waals surface area contributed by atoms with Crippen molar-refractivity contribution in [3.05, 3.63) is 0 Å². The van der Waals surface area contributed by atoms with Gasteiger partial charge in [0.2, 0.25) is 0 Å². The van der Waals surface area contributed by atoms with Crippen molar-refractivity contribution in [3.63, 3.8) is 0 Å². The van der Waals surface area contributed by atoms with Gasteiger partial charge in [-0.15, -0.1) is 0 Å².